The normalized spacial score (nSPS) is 18.9. The minimum atomic E-state index is 0.196. The number of nitrogens with zero attached hydrogens (tertiary/aromatic N) is 2. The van der Waals surface area contributed by atoms with E-state index in [0.717, 1.165) is 32.6 Å². The average Bonchev–Trinajstić information content (AvgIpc) is 2.94. The van der Waals surface area contributed by atoms with Crippen LogP contribution in [-0.4, -0.2) is 62.0 Å². The van der Waals surface area contributed by atoms with E-state index in [1.54, 1.807) is 4.90 Å². The van der Waals surface area contributed by atoms with Crippen molar-refractivity contribution in [2.24, 2.45) is 0 Å². The zero-order valence-electron chi connectivity index (χ0n) is 13.2. The third kappa shape index (κ3) is 5.48. The molecule has 1 saturated heterocycles. The maximum absolute atomic E-state index is 11.5. The molecule has 4 heteroatoms. The van der Waals surface area contributed by atoms with Crippen molar-refractivity contribution in [2.45, 2.75) is 25.3 Å². The Labute approximate surface area is 128 Å². The van der Waals surface area contributed by atoms with Crippen molar-refractivity contribution in [1.29, 1.82) is 0 Å². The van der Waals surface area contributed by atoms with Crippen molar-refractivity contribution >= 4 is 5.91 Å². The number of likely N-dealkylation sites (tertiary alicyclic amines) is 1. The fourth-order valence-corrected chi connectivity index (χ4v) is 2.74. The minimum Gasteiger partial charge on any atom is -0.349 e. The number of rotatable bonds is 7. The molecule has 4 nitrogen and oxygen atoms in total. The molecule has 1 aliphatic rings. The molecule has 1 N–H and O–H groups in total. The van der Waals surface area contributed by atoms with Crippen LogP contribution in [0.3, 0.4) is 0 Å². The molecule has 1 aromatic carbocycles. The van der Waals surface area contributed by atoms with E-state index in [2.05, 4.69) is 40.5 Å². The second-order valence-electron chi connectivity index (χ2n) is 6.01. The van der Waals surface area contributed by atoms with Crippen molar-refractivity contribution < 1.29 is 4.79 Å². The molecule has 0 bridgehead atoms. The van der Waals surface area contributed by atoms with Gasteiger partial charge in [-0.05, 0) is 24.9 Å². The number of benzene rings is 1. The van der Waals surface area contributed by atoms with Gasteiger partial charge in [0.05, 0.1) is 0 Å². The molecule has 0 saturated carbocycles. The van der Waals surface area contributed by atoms with Gasteiger partial charge in [-0.3, -0.25) is 4.79 Å². The van der Waals surface area contributed by atoms with Gasteiger partial charge in [0, 0.05) is 46.2 Å². The first kappa shape index (κ1) is 16.0. The number of hydrogen-bond acceptors (Lipinski definition) is 3. The summed E-state index contributed by atoms with van der Waals surface area (Å²) in [6, 6.07) is 11.2. The molecule has 2 rings (SSSR count). The molecule has 1 aromatic rings. The average molecular weight is 289 g/mol. The van der Waals surface area contributed by atoms with Gasteiger partial charge in [0.25, 0.3) is 0 Å². The second-order valence-corrected chi connectivity index (χ2v) is 6.01. The van der Waals surface area contributed by atoms with Gasteiger partial charge in [-0.2, -0.15) is 0 Å². The lowest BCUT2D eigenvalue weighted by Gasteiger charge is -2.17. The standard InChI is InChI=1S/C17H27N3O/c1-19(2)17(21)8-11-18-16-10-13-20(14-16)12-9-15-6-4-3-5-7-15/h3-7,16,18H,8-14H2,1-2H3. The Morgan fingerprint density at radius 1 is 1.33 bits per heavy atom. The summed E-state index contributed by atoms with van der Waals surface area (Å²) in [7, 11) is 3.62. The molecule has 1 fully saturated rings. The molecule has 0 radical (unpaired) electrons. The van der Waals surface area contributed by atoms with Crippen molar-refractivity contribution in [3.63, 3.8) is 0 Å². The first-order chi connectivity index (χ1) is 10.1. The van der Waals surface area contributed by atoms with Gasteiger partial charge in [-0.25, -0.2) is 0 Å². The fraction of sp³-hybridized carbons (Fsp3) is 0.588. The summed E-state index contributed by atoms with van der Waals surface area (Å²) in [6.45, 7) is 4.17. The van der Waals surface area contributed by atoms with Crippen molar-refractivity contribution in [2.75, 3.05) is 40.3 Å². The van der Waals surface area contributed by atoms with Crippen molar-refractivity contribution in [3.05, 3.63) is 35.9 Å². The van der Waals surface area contributed by atoms with Gasteiger partial charge < -0.3 is 15.1 Å². The van der Waals surface area contributed by atoms with Gasteiger partial charge >= 0.3 is 0 Å². The minimum absolute atomic E-state index is 0.196. The number of carbonyl (C=O) groups excluding carboxylic acids is 1. The number of carbonyl (C=O) groups is 1. The highest BCUT2D eigenvalue weighted by Crippen LogP contribution is 2.10. The summed E-state index contributed by atoms with van der Waals surface area (Å²) in [5, 5.41) is 3.51. The van der Waals surface area contributed by atoms with E-state index in [1.807, 2.05) is 14.1 Å². The highest BCUT2D eigenvalue weighted by molar-refractivity contribution is 5.75. The zero-order valence-corrected chi connectivity index (χ0v) is 13.2. The molecule has 116 valence electrons. The van der Waals surface area contributed by atoms with Gasteiger partial charge in [0.15, 0.2) is 0 Å². The number of hydrogen-bond donors (Lipinski definition) is 1. The van der Waals surface area contributed by atoms with E-state index < -0.39 is 0 Å². The predicted molar refractivity (Wildman–Crippen MR) is 86.3 cm³/mol. The van der Waals surface area contributed by atoms with Gasteiger partial charge in [-0.1, -0.05) is 30.3 Å². The molecule has 1 aliphatic heterocycles. The Morgan fingerprint density at radius 3 is 2.81 bits per heavy atom. The molecular formula is C17H27N3O. The van der Waals surface area contributed by atoms with Crippen LogP contribution in [0.15, 0.2) is 30.3 Å². The topological polar surface area (TPSA) is 35.6 Å². The molecule has 1 atom stereocenters. The van der Waals surface area contributed by atoms with Crippen LogP contribution in [-0.2, 0) is 11.2 Å². The molecule has 0 aliphatic carbocycles. The van der Waals surface area contributed by atoms with Gasteiger partial charge in [0.1, 0.15) is 0 Å². The van der Waals surface area contributed by atoms with Crippen LogP contribution in [0.25, 0.3) is 0 Å². The van der Waals surface area contributed by atoms with E-state index >= 15 is 0 Å². The SMILES string of the molecule is CN(C)C(=O)CCNC1CCN(CCc2ccccc2)C1. The molecule has 1 unspecified atom stereocenters. The molecular weight excluding hydrogens is 262 g/mol. The summed E-state index contributed by atoms with van der Waals surface area (Å²) < 4.78 is 0. The van der Waals surface area contributed by atoms with E-state index in [9.17, 15) is 4.79 Å². The summed E-state index contributed by atoms with van der Waals surface area (Å²) in [4.78, 5) is 15.7. The van der Waals surface area contributed by atoms with E-state index in [4.69, 9.17) is 0 Å². The van der Waals surface area contributed by atoms with E-state index in [1.165, 1.54) is 12.0 Å². The highest BCUT2D eigenvalue weighted by Gasteiger charge is 2.21. The Hall–Kier alpha value is -1.39. The molecule has 1 amide bonds. The second kappa shape index (κ2) is 8.15. The third-order valence-electron chi connectivity index (χ3n) is 4.10. The smallest absolute Gasteiger partial charge is 0.223 e. The van der Waals surface area contributed by atoms with Crippen LogP contribution >= 0.6 is 0 Å². The van der Waals surface area contributed by atoms with Crippen LogP contribution in [0.4, 0.5) is 0 Å². The summed E-state index contributed by atoms with van der Waals surface area (Å²) in [6.07, 6.45) is 2.89. The van der Waals surface area contributed by atoms with Crippen molar-refractivity contribution in [1.82, 2.24) is 15.1 Å². The lowest BCUT2D eigenvalue weighted by Crippen LogP contribution is -2.35. The summed E-state index contributed by atoms with van der Waals surface area (Å²) >= 11 is 0. The van der Waals surface area contributed by atoms with E-state index in [0.29, 0.717) is 12.5 Å². The maximum Gasteiger partial charge on any atom is 0.223 e. The Kier molecular flexibility index (Phi) is 6.21. The Morgan fingerprint density at radius 2 is 2.10 bits per heavy atom. The Bertz CT molecular complexity index is 433. The first-order valence-electron chi connectivity index (χ1n) is 7.85. The van der Waals surface area contributed by atoms with Crippen LogP contribution in [0.2, 0.25) is 0 Å². The molecule has 0 aromatic heterocycles. The zero-order chi connectivity index (χ0) is 15.1. The van der Waals surface area contributed by atoms with Gasteiger partial charge in [0.2, 0.25) is 5.91 Å². The molecule has 21 heavy (non-hydrogen) atoms. The lowest BCUT2D eigenvalue weighted by molar-refractivity contribution is -0.128. The Balaban J connectivity index is 1.61. The quantitative estimate of drug-likeness (QED) is 0.823. The van der Waals surface area contributed by atoms with Crippen LogP contribution in [0.5, 0.6) is 0 Å². The van der Waals surface area contributed by atoms with Crippen LogP contribution < -0.4 is 5.32 Å². The lowest BCUT2D eigenvalue weighted by atomic mass is 10.1. The van der Waals surface area contributed by atoms with Crippen LogP contribution in [0.1, 0.15) is 18.4 Å². The molecule has 1 heterocycles. The first-order valence-corrected chi connectivity index (χ1v) is 7.85. The number of nitrogens with one attached hydrogen (secondary N) is 1. The van der Waals surface area contributed by atoms with Crippen LogP contribution in [0, 0.1) is 0 Å². The largest absolute Gasteiger partial charge is 0.349 e. The number of amides is 1. The van der Waals surface area contributed by atoms with E-state index in [-0.39, 0.29) is 5.91 Å². The maximum atomic E-state index is 11.5. The third-order valence-corrected chi connectivity index (χ3v) is 4.10. The predicted octanol–water partition coefficient (Wildman–Crippen LogP) is 1.37. The summed E-state index contributed by atoms with van der Waals surface area (Å²) in [5.41, 5.74) is 1.41. The van der Waals surface area contributed by atoms with Crippen molar-refractivity contribution in [3.8, 4) is 0 Å². The highest BCUT2D eigenvalue weighted by atomic mass is 16.2. The monoisotopic (exact) mass is 289 g/mol. The fourth-order valence-electron chi connectivity index (χ4n) is 2.74. The molecule has 0 spiro atoms. The summed E-state index contributed by atoms with van der Waals surface area (Å²) in [5.74, 6) is 0.196. The van der Waals surface area contributed by atoms with Gasteiger partial charge in [-0.15, -0.1) is 0 Å².